The number of carbonyl (C=O) groups is 1. The lowest BCUT2D eigenvalue weighted by atomic mass is 10.2. The highest BCUT2D eigenvalue weighted by Crippen LogP contribution is 2.22. The van der Waals surface area contributed by atoms with Crippen LogP contribution in [0.5, 0.6) is 0 Å². The smallest absolute Gasteiger partial charge is 0.345 e. The van der Waals surface area contributed by atoms with Gasteiger partial charge in [-0.25, -0.2) is 13.9 Å². The molecule has 0 aliphatic carbocycles. The molecule has 1 fully saturated rings. The zero-order chi connectivity index (χ0) is 21.8. The number of amides is 1. The van der Waals surface area contributed by atoms with E-state index in [9.17, 15) is 14.0 Å². The Balaban J connectivity index is 1.15. The molecule has 9 nitrogen and oxygen atoms in total. The number of halogens is 1. The van der Waals surface area contributed by atoms with Crippen LogP contribution in [0.4, 0.5) is 10.1 Å². The molecule has 3 heterocycles. The number of fused-ring (bicyclic) bond motifs is 1. The number of hydrogen-bond acceptors (Lipinski definition) is 6. The molecular weight excluding hydrogens is 403 g/mol. The van der Waals surface area contributed by atoms with E-state index in [4.69, 9.17) is 4.74 Å². The van der Waals surface area contributed by atoms with Crippen LogP contribution < -0.4 is 15.9 Å². The number of nitrogens with one attached hydrogen (secondary N) is 1. The number of anilines is 1. The number of aromatic nitrogens is 3. The Hall–Kier alpha value is -2.72. The number of carbonyl (C=O) groups excluding carboxylic acids is 1. The van der Waals surface area contributed by atoms with Crippen LogP contribution in [0.2, 0.25) is 0 Å². The first-order valence-corrected chi connectivity index (χ1v) is 10.8. The number of piperazine rings is 1. The predicted octanol–water partition coefficient (Wildman–Crippen LogP) is 0.511. The molecule has 1 atom stereocenters. The minimum Gasteiger partial charge on any atom is -0.369 e. The first kappa shape index (κ1) is 21.5. The SMILES string of the molecule is Cn1nc2n(c1=O)CCOC2CC(=O)NCCCN1CCN(c2ccc(F)cc2)CC1. The summed E-state index contributed by atoms with van der Waals surface area (Å²) in [5.41, 5.74) is 0.875. The molecule has 2 aromatic rings. The van der Waals surface area contributed by atoms with Crippen molar-refractivity contribution in [3.8, 4) is 0 Å². The van der Waals surface area contributed by atoms with Crippen LogP contribution in [0.3, 0.4) is 0 Å². The molecule has 10 heteroatoms. The second-order valence-electron chi connectivity index (χ2n) is 7.99. The normalized spacial score (nSPS) is 19.3. The summed E-state index contributed by atoms with van der Waals surface area (Å²) in [6.07, 6.45) is 0.539. The summed E-state index contributed by atoms with van der Waals surface area (Å²) in [6.45, 7) is 6.08. The van der Waals surface area contributed by atoms with E-state index in [1.165, 1.54) is 16.8 Å². The maximum Gasteiger partial charge on any atom is 0.345 e. The Kier molecular flexibility index (Phi) is 6.67. The molecule has 0 radical (unpaired) electrons. The highest BCUT2D eigenvalue weighted by Gasteiger charge is 2.28. The maximum absolute atomic E-state index is 13.1. The molecule has 2 aliphatic rings. The number of hydrogen-bond donors (Lipinski definition) is 1. The monoisotopic (exact) mass is 432 g/mol. The van der Waals surface area contributed by atoms with Gasteiger partial charge in [0.2, 0.25) is 5.91 Å². The van der Waals surface area contributed by atoms with E-state index in [1.807, 2.05) is 12.1 Å². The Morgan fingerprint density at radius 2 is 1.94 bits per heavy atom. The van der Waals surface area contributed by atoms with Crippen LogP contribution in [-0.4, -0.2) is 71.0 Å². The van der Waals surface area contributed by atoms with Crippen LogP contribution in [0, 0.1) is 5.82 Å². The summed E-state index contributed by atoms with van der Waals surface area (Å²) in [5, 5.41) is 7.16. The van der Waals surface area contributed by atoms with Gasteiger partial charge in [0.15, 0.2) is 5.82 Å². The van der Waals surface area contributed by atoms with Gasteiger partial charge >= 0.3 is 5.69 Å². The Morgan fingerprint density at radius 3 is 2.68 bits per heavy atom. The predicted molar refractivity (Wildman–Crippen MR) is 113 cm³/mol. The second-order valence-corrected chi connectivity index (χ2v) is 7.99. The van der Waals surface area contributed by atoms with Gasteiger partial charge in [-0.2, -0.15) is 5.10 Å². The van der Waals surface area contributed by atoms with Crippen molar-refractivity contribution in [1.82, 2.24) is 24.6 Å². The molecule has 0 spiro atoms. The highest BCUT2D eigenvalue weighted by atomic mass is 19.1. The summed E-state index contributed by atoms with van der Waals surface area (Å²) >= 11 is 0. The van der Waals surface area contributed by atoms with Gasteiger partial charge in [-0.1, -0.05) is 0 Å². The fourth-order valence-corrected chi connectivity index (χ4v) is 4.14. The molecule has 2 aliphatic heterocycles. The lowest BCUT2D eigenvalue weighted by molar-refractivity contribution is -0.125. The molecule has 1 unspecified atom stereocenters. The molecular formula is C21H29FN6O3. The third kappa shape index (κ3) is 5.13. The van der Waals surface area contributed by atoms with Gasteiger partial charge in [-0.15, -0.1) is 0 Å². The molecule has 31 heavy (non-hydrogen) atoms. The van der Waals surface area contributed by atoms with Crippen LogP contribution in [0.15, 0.2) is 29.1 Å². The van der Waals surface area contributed by atoms with Crippen molar-refractivity contribution in [3.63, 3.8) is 0 Å². The largest absolute Gasteiger partial charge is 0.369 e. The van der Waals surface area contributed by atoms with Gasteiger partial charge in [0, 0.05) is 45.5 Å². The number of ether oxygens (including phenoxy) is 1. The third-order valence-corrected chi connectivity index (χ3v) is 5.87. The lowest BCUT2D eigenvalue weighted by Gasteiger charge is -2.36. The van der Waals surface area contributed by atoms with Crippen molar-refractivity contribution in [3.05, 3.63) is 46.4 Å². The minimum absolute atomic E-state index is 0.0994. The van der Waals surface area contributed by atoms with Crippen molar-refractivity contribution in [2.24, 2.45) is 7.05 Å². The van der Waals surface area contributed by atoms with E-state index < -0.39 is 6.10 Å². The van der Waals surface area contributed by atoms with E-state index in [-0.39, 0.29) is 23.8 Å². The standard InChI is InChI=1S/C21H29FN6O3/c1-25-21(30)28-13-14-31-18(20(28)24-25)15-19(29)23-7-2-8-26-9-11-27(12-10-26)17-5-3-16(22)4-6-17/h3-6,18H,2,7-15H2,1H3,(H,23,29). The van der Waals surface area contributed by atoms with Crippen LogP contribution in [-0.2, 0) is 23.1 Å². The number of benzene rings is 1. The molecule has 1 N–H and O–H groups in total. The van der Waals surface area contributed by atoms with E-state index >= 15 is 0 Å². The number of aryl methyl sites for hydroxylation is 1. The fraction of sp³-hybridized carbons (Fsp3) is 0.571. The van der Waals surface area contributed by atoms with Gasteiger partial charge < -0.3 is 15.0 Å². The van der Waals surface area contributed by atoms with Crippen LogP contribution >= 0.6 is 0 Å². The lowest BCUT2D eigenvalue weighted by Crippen LogP contribution is -2.47. The van der Waals surface area contributed by atoms with E-state index in [1.54, 1.807) is 11.6 Å². The first-order valence-electron chi connectivity index (χ1n) is 10.8. The zero-order valence-corrected chi connectivity index (χ0v) is 17.8. The van der Waals surface area contributed by atoms with E-state index in [0.29, 0.717) is 25.5 Å². The summed E-state index contributed by atoms with van der Waals surface area (Å²) in [5.74, 6) is 0.208. The molecule has 0 bridgehead atoms. The quantitative estimate of drug-likeness (QED) is 0.642. The molecule has 1 amide bonds. The third-order valence-electron chi connectivity index (χ3n) is 5.87. The van der Waals surface area contributed by atoms with E-state index in [0.717, 1.165) is 44.8 Å². The minimum atomic E-state index is -0.484. The van der Waals surface area contributed by atoms with Gasteiger partial charge in [0.05, 0.1) is 19.6 Å². The molecule has 1 aromatic carbocycles. The Labute approximate surface area is 180 Å². The van der Waals surface area contributed by atoms with Gasteiger partial charge in [0.25, 0.3) is 0 Å². The van der Waals surface area contributed by atoms with Crippen molar-refractivity contribution < 1.29 is 13.9 Å². The molecule has 0 saturated carbocycles. The molecule has 1 saturated heterocycles. The van der Waals surface area contributed by atoms with Crippen molar-refractivity contribution >= 4 is 11.6 Å². The summed E-state index contributed by atoms with van der Waals surface area (Å²) in [7, 11) is 1.60. The first-order chi connectivity index (χ1) is 15.0. The van der Waals surface area contributed by atoms with Crippen LogP contribution in [0.25, 0.3) is 0 Å². The van der Waals surface area contributed by atoms with Crippen molar-refractivity contribution in [1.29, 1.82) is 0 Å². The molecule has 168 valence electrons. The van der Waals surface area contributed by atoms with Crippen molar-refractivity contribution in [2.75, 3.05) is 50.8 Å². The molecule has 1 aromatic heterocycles. The average molecular weight is 433 g/mol. The van der Waals surface area contributed by atoms with Gasteiger partial charge in [-0.3, -0.25) is 14.3 Å². The van der Waals surface area contributed by atoms with E-state index in [2.05, 4.69) is 20.2 Å². The fourth-order valence-electron chi connectivity index (χ4n) is 4.14. The summed E-state index contributed by atoms with van der Waals surface area (Å²) < 4.78 is 21.6. The Bertz CT molecular complexity index is 949. The Morgan fingerprint density at radius 1 is 1.19 bits per heavy atom. The highest BCUT2D eigenvalue weighted by molar-refractivity contribution is 5.76. The summed E-state index contributed by atoms with van der Waals surface area (Å²) in [4.78, 5) is 29.0. The number of rotatable bonds is 7. The van der Waals surface area contributed by atoms with Gasteiger partial charge in [0.1, 0.15) is 11.9 Å². The number of nitrogens with zero attached hydrogens (tertiary/aromatic N) is 5. The maximum atomic E-state index is 13.1. The van der Waals surface area contributed by atoms with Crippen molar-refractivity contribution in [2.45, 2.75) is 25.5 Å². The topological polar surface area (TPSA) is 84.6 Å². The van der Waals surface area contributed by atoms with Crippen LogP contribution in [0.1, 0.15) is 24.8 Å². The average Bonchev–Trinajstić information content (AvgIpc) is 3.07. The summed E-state index contributed by atoms with van der Waals surface area (Å²) in [6, 6.07) is 6.63. The second kappa shape index (κ2) is 9.61. The van der Waals surface area contributed by atoms with Gasteiger partial charge in [-0.05, 0) is 37.2 Å². The molecule has 4 rings (SSSR count). The zero-order valence-electron chi connectivity index (χ0n) is 17.8.